The highest BCUT2D eigenvalue weighted by molar-refractivity contribution is 4.96. The summed E-state index contributed by atoms with van der Waals surface area (Å²) >= 11 is 0. The lowest BCUT2D eigenvalue weighted by Crippen LogP contribution is -2.34. The molecular formula is C16H32N4. The number of nitrogens with zero attached hydrogens (tertiary/aromatic N) is 3. The monoisotopic (exact) mass is 280 g/mol. The molecule has 0 amide bonds. The third kappa shape index (κ3) is 7.04. The molecule has 0 aliphatic rings. The first-order valence-electron chi connectivity index (χ1n) is 7.88. The minimum atomic E-state index is 0.404. The van der Waals surface area contributed by atoms with Gasteiger partial charge in [-0.05, 0) is 37.1 Å². The van der Waals surface area contributed by atoms with Gasteiger partial charge < -0.3 is 5.32 Å². The highest BCUT2D eigenvalue weighted by atomic mass is 15.4. The molecule has 0 saturated heterocycles. The highest BCUT2D eigenvalue weighted by Crippen LogP contribution is 2.27. The van der Waals surface area contributed by atoms with Gasteiger partial charge >= 0.3 is 0 Å². The summed E-state index contributed by atoms with van der Waals surface area (Å²) in [5.74, 6) is 0.723. The second kappa shape index (κ2) is 7.77. The van der Waals surface area contributed by atoms with E-state index in [1.54, 1.807) is 4.68 Å². The maximum atomic E-state index is 4.22. The number of rotatable bonds is 8. The molecule has 4 heteroatoms. The van der Waals surface area contributed by atoms with Gasteiger partial charge in [-0.1, -0.05) is 39.8 Å². The van der Waals surface area contributed by atoms with E-state index < -0.39 is 0 Å². The van der Waals surface area contributed by atoms with E-state index in [-0.39, 0.29) is 0 Å². The van der Waals surface area contributed by atoms with Crippen LogP contribution in [0.4, 0.5) is 0 Å². The molecule has 4 nitrogen and oxygen atoms in total. The molecule has 0 aromatic carbocycles. The smallest absolute Gasteiger partial charge is 0.0842 e. The topological polar surface area (TPSA) is 42.7 Å². The zero-order chi connectivity index (χ0) is 15.2. The van der Waals surface area contributed by atoms with E-state index >= 15 is 0 Å². The molecule has 1 aromatic heterocycles. The Hall–Kier alpha value is -0.900. The standard InChI is InChI=1S/C16H32N4/c1-7-8-17-14(9-13(2)11-16(3,4)5)10-15-12-20(6)19-18-15/h12-14,17H,7-11H2,1-6H3. The van der Waals surface area contributed by atoms with Crippen LogP contribution in [0.1, 0.15) is 59.6 Å². The summed E-state index contributed by atoms with van der Waals surface area (Å²) in [5, 5.41) is 11.9. The summed E-state index contributed by atoms with van der Waals surface area (Å²) in [6.45, 7) is 12.6. The van der Waals surface area contributed by atoms with Crippen molar-refractivity contribution in [3.8, 4) is 0 Å². The summed E-state index contributed by atoms with van der Waals surface area (Å²) in [5.41, 5.74) is 1.49. The van der Waals surface area contributed by atoms with Crippen LogP contribution >= 0.6 is 0 Å². The number of aromatic nitrogens is 3. The van der Waals surface area contributed by atoms with Crippen molar-refractivity contribution < 1.29 is 0 Å². The molecule has 116 valence electrons. The molecule has 1 N–H and O–H groups in total. The van der Waals surface area contributed by atoms with Crippen LogP contribution in [0.2, 0.25) is 0 Å². The molecule has 1 aromatic rings. The van der Waals surface area contributed by atoms with Crippen LogP contribution in [0.15, 0.2) is 6.20 Å². The lowest BCUT2D eigenvalue weighted by molar-refractivity contribution is 0.273. The van der Waals surface area contributed by atoms with Gasteiger partial charge in [0.2, 0.25) is 0 Å². The van der Waals surface area contributed by atoms with Crippen LogP contribution in [0, 0.1) is 11.3 Å². The quantitative estimate of drug-likeness (QED) is 0.795. The fourth-order valence-corrected chi connectivity index (χ4v) is 2.94. The lowest BCUT2D eigenvalue weighted by atomic mass is 9.82. The van der Waals surface area contributed by atoms with E-state index in [9.17, 15) is 0 Å². The molecule has 2 atom stereocenters. The molecule has 0 aliphatic heterocycles. The number of nitrogens with one attached hydrogen (secondary N) is 1. The third-order valence-corrected chi connectivity index (χ3v) is 3.44. The van der Waals surface area contributed by atoms with Crippen molar-refractivity contribution in [2.24, 2.45) is 18.4 Å². The van der Waals surface area contributed by atoms with Crippen molar-refractivity contribution in [2.45, 2.75) is 66.3 Å². The van der Waals surface area contributed by atoms with E-state index in [0.717, 1.165) is 24.6 Å². The van der Waals surface area contributed by atoms with Crippen LogP contribution in [0.3, 0.4) is 0 Å². The fourth-order valence-electron chi connectivity index (χ4n) is 2.94. The molecule has 0 radical (unpaired) electrons. The van der Waals surface area contributed by atoms with Crippen LogP contribution in [-0.4, -0.2) is 27.6 Å². The van der Waals surface area contributed by atoms with Crippen molar-refractivity contribution in [3.05, 3.63) is 11.9 Å². The maximum Gasteiger partial charge on any atom is 0.0842 e. The van der Waals surface area contributed by atoms with Gasteiger partial charge in [0.05, 0.1) is 5.69 Å². The zero-order valence-corrected chi connectivity index (χ0v) is 14.1. The maximum absolute atomic E-state index is 4.22. The summed E-state index contributed by atoms with van der Waals surface area (Å²) in [6.07, 6.45) is 6.63. The van der Waals surface area contributed by atoms with E-state index in [4.69, 9.17) is 0 Å². The van der Waals surface area contributed by atoms with Gasteiger partial charge in [-0.25, -0.2) is 0 Å². The zero-order valence-electron chi connectivity index (χ0n) is 14.1. The normalized spacial score (nSPS) is 15.3. The summed E-state index contributed by atoms with van der Waals surface area (Å²) in [7, 11) is 1.92. The number of hydrogen-bond donors (Lipinski definition) is 1. The second-order valence-electron chi connectivity index (χ2n) is 7.34. The van der Waals surface area contributed by atoms with E-state index in [1.807, 2.05) is 13.2 Å². The van der Waals surface area contributed by atoms with Crippen LogP contribution < -0.4 is 5.32 Å². The van der Waals surface area contributed by atoms with Crippen LogP contribution in [0.25, 0.3) is 0 Å². The van der Waals surface area contributed by atoms with Gasteiger partial charge in [0.15, 0.2) is 0 Å². The first-order chi connectivity index (χ1) is 9.30. The average molecular weight is 280 g/mol. The molecular weight excluding hydrogens is 248 g/mol. The Morgan fingerprint density at radius 1 is 1.35 bits per heavy atom. The lowest BCUT2D eigenvalue weighted by Gasteiger charge is -2.27. The van der Waals surface area contributed by atoms with Crippen molar-refractivity contribution in [2.75, 3.05) is 6.54 Å². The molecule has 0 bridgehead atoms. The van der Waals surface area contributed by atoms with Crippen LogP contribution in [-0.2, 0) is 13.5 Å². The molecule has 1 rings (SSSR count). The predicted molar refractivity (Wildman–Crippen MR) is 84.6 cm³/mol. The highest BCUT2D eigenvalue weighted by Gasteiger charge is 2.19. The Morgan fingerprint density at radius 2 is 2.05 bits per heavy atom. The molecule has 2 unspecified atom stereocenters. The van der Waals surface area contributed by atoms with Gasteiger partial charge in [-0.2, -0.15) is 0 Å². The summed E-state index contributed by atoms with van der Waals surface area (Å²) in [6, 6.07) is 0.504. The average Bonchev–Trinajstić information content (AvgIpc) is 2.69. The Morgan fingerprint density at radius 3 is 2.55 bits per heavy atom. The molecule has 20 heavy (non-hydrogen) atoms. The fraction of sp³-hybridized carbons (Fsp3) is 0.875. The van der Waals surface area contributed by atoms with Crippen molar-refractivity contribution >= 4 is 0 Å². The summed E-state index contributed by atoms with van der Waals surface area (Å²) in [4.78, 5) is 0. The molecule has 1 heterocycles. The van der Waals surface area contributed by atoms with Crippen molar-refractivity contribution in [1.82, 2.24) is 20.3 Å². The molecule has 0 fully saturated rings. The minimum absolute atomic E-state index is 0.404. The van der Waals surface area contributed by atoms with Crippen molar-refractivity contribution in [1.29, 1.82) is 0 Å². The first-order valence-corrected chi connectivity index (χ1v) is 7.88. The number of hydrogen-bond acceptors (Lipinski definition) is 3. The van der Waals surface area contributed by atoms with Gasteiger partial charge in [-0.15, -0.1) is 5.10 Å². The van der Waals surface area contributed by atoms with Gasteiger partial charge in [-0.3, -0.25) is 4.68 Å². The van der Waals surface area contributed by atoms with E-state index in [2.05, 4.69) is 50.2 Å². The van der Waals surface area contributed by atoms with Crippen LogP contribution in [0.5, 0.6) is 0 Å². The first kappa shape index (κ1) is 17.2. The SMILES string of the molecule is CCCNC(Cc1cn(C)nn1)CC(C)CC(C)(C)C. The second-order valence-corrected chi connectivity index (χ2v) is 7.34. The third-order valence-electron chi connectivity index (χ3n) is 3.44. The predicted octanol–water partition coefficient (Wildman–Crippen LogP) is 3.19. The molecule has 0 spiro atoms. The largest absolute Gasteiger partial charge is 0.314 e. The minimum Gasteiger partial charge on any atom is -0.314 e. The van der Waals surface area contributed by atoms with Crippen molar-refractivity contribution in [3.63, 3.8) is 0 Å². The van der Waals surface area contributed by atoms with E-state index in [1.165, 1.54) is 19.3 Å². The van der Waals surface area contributed by atoms with Gasteiger partial charge in [0.25, 0.3) is 0 Å². The molecule has 0 aliphatic carbocycles. The Kier molecular flexibility index (Phi) is 6.66. The Bertz CT molecular complexity index is 378. The number of aryl methyl sites for hydroxylation is 1. The molecule has 0 saturated carbocycles. The van der Waals surface area contributed by atoms with Gasteiger partial charge in [0, 0.05) is 25.7 Å². The van der Waals surface area contributed by atoms with Gasteiger partial charge in [0.1, 0.15) is 0 Å². The van der Waals surface area contributed by atoms with E-state index in [0.29, 0.717) is 11.5 Å². The summed E-state index contributed by atoms with van der Waals surface area (Å²) < 4.78 is 1.78. The Balaban J connectivity index is 2.54. The Labute approximate surface area is 124 Å².